The Morgan fingerprint density at radius 1 is 1.57 bits per heavy atom. The van der Waals surface area contributed by atoms with Gasteiger partial charge in [0.05, 0.1) is 11.6 Å². The lowest BCUT2D eigenvalue weighted by atomic mass is 10.0. The lowest BCUT2D eigenvalue weighted by molar-refractivity contribution is 0.0692. The fraction of sp³-hybridized carbons (Fsp3) is 0.111. The number of aromatic carboxylic acids is 1. The van der Waals surface area contributed by atoms with E-state index in [0.717, 1.165) is 6.07 Å². The normalized spacial score (nSPS) is 9.43. The molecule has 0 aliphatic rings. The summed E-state index contributed by atoms with van der Waals surface area (Å²) in [5.41, 5.74) is 5.49. The summed E-state index contributed by atoms with van der Waals surface area (Å²) in [5, 5.41) is 26.6. The van der Waals surface area contributed by atoms with Crippen LogP contribution in [0.25, 0.3) is 0 Å². The zero-order chi connectivity index (χ0) is 10.7. The van der Waals surface area contributed by atoms with Crippen LogP contribution in [-0.4, -0.2) is 16.2 Å². The molecule has 14 heavy (non-hydrogen) atoms. The highest BCUT2D eigenvalue weighted by Gasteiger charge is 2.15. The van der Waals surface area contributed by atoms with E-state index in [4.69, 9.17) is 16.1 Å². The largest absolute Gasteiger partial charge is 0.507 e. The molecule has 72 valence electrons. The van der Waals surface area contributed by atoms with Crippen molar-refractivity contribution in [3.8, 4) is 11.8 Å². The molecular formula is C9H8N2O3. The molecule has 0 radical (unpaired) electrons. The van der Waals surface area contributed by atoms with Crippen LogP contribution >= 0.6 is 0 Å². The first-order chi connectivity index (χ1) is 6.60. The highest BCUT2D eigenvalue weighted by Crippen LogP contribution is 2.23. The average molecular weight is 192 g/mol. The van der Waals surface area contributed by atoms with Crippen molar-refractivity contribution in [1.29, 1.82) is 5.26 Å². The predicted octanol–water partition coefficient (Wildman–Crippen LogP) is 0.421. The zero-order valence-electron chi connectivity index (χ0n) is 7.19. The first kappa shape index (κ1) is 10.0. The summed E-state index contributed by atoms with van der Waals surface area (Å²) >= 11 is 0. The smallest absolute Gasteiger partial charge is 0.339 e. The quantitative estimate of drug-likeness (QED) is 0.629. The Labute approximate surface area is 80.0 Å². The third kappa shape index (κ3) is 1.65. The van der Waals surface area contributed by atoms with Crippen LogP contribution in [0.5, 0.6) is 5.75 Å². The van der Waals surface area contributed by atoms with Crippen molar-refractivity contribution < 1.29 is 15.0 Å². The second-order valence-corrected chi connectivity index (χ2v) is 2.65. The Kier molecular flexibility index (Phi) is 2.70. The number of phenols is 1. The van der Waals surface area contributed by atoms with Gasteiger partial charge in [-0.05, 0) is 17.7 Å². The van der Waals surface area contributed by atoms with Crippen LogP contribution < -0.4 is 5.73 Å². The molecule has 1 rings (SSSR count). The van der Waals surface area contributed by atoms with E-state index in [2.05, 4.69) is 0 Å². The first-order valence-electron chi connectivity index (χ1n) is 3.79. The highest BCUT2D eigenvalue weighted by atomic mass is 16.4. The Balaban J connectivity index is 3.44. The van der Waals surface area contributed by atoms with E-state index in [-0.39, 0.29) is 23.2 Å². The summed E-state index contributed by atoms with van der Waals surface area (Å²) in [6.07, 6.45) is 0. The predicted molar refractivity (Wildman–Crippen MR) is 47.7 cm³/mol. The number of carboxylic acids is 1. The number of benzene rings is 1. The van der Waals surface area contributed by atoms with Gasteiger partial charge in [-0.15, -0.1) is 0 Å². The van der Waals surface area contributed by atoms with E-state index in [1.807, 2.05) is 0 Å². The van der Waals surface area contributed by atoms with Gasteiger partial charge in [0.1, 0.15) is 11.3 Å². The fourth-order valence-corrected chi connectivity index (χ4v) is 1.16. The molecule has 1 aromatic carbocycles. The highest BCUT2D eigenvalue weighted by molar-refractivity contribution is 5.92. The number of hydrogen-bond acceptors (Lipinski definition) is 4. The standard InChI is InChI=1S/C9H8N2O3/c10-3-5-1-6(4-11)8(9(13)14)7(12)2-5/h1-2,12H,4,11H2,(H,13,14). The number of rotatable bonds is 2. The number of carbonyl (C=O) groups is 1. The molecular weight excluding hydrogens is 184 g/mol. The number of carboxylic acid groups (broad SMARTS) is 1. The van der Waals surface area contributed by atoms with Crippen molar-refractivity contribution in [2.45, 2.75) is 6.54 Å². The van der Waals surface area contributed by atoms with Crippen LogP contribution in [0, 0.1) is 11.3 Å². The van der Waals surface area contributed by atoms with E-state index >= 15 is 0 Å². The van der Waals surface area contributed by atoms with Crippen LogP contribution in [-0.2, 0) is 6.54 Å². The first-order valence-corrected chi connectivity index (χ1v) is 3.79. The number of nitrogens with zero attached hydrogens (tertiary/aromatic N) is 1. The van der Waals surface area contributed by atoms with Gasteiger partial charge in [-0.3, -0.25) is 0 Å². The molecule has 0 saturated carbocycles. The van der Waals surface area contributed by atoms with Gasteiger partial charge in [-0.2, -0.15) is 5.26 Å². The molecule has 0 bridgehead atoms. The minimum Gasteiger partial charge on any atom is -0.507 e. The summed E-state index contributed by atoms with van der Waals surface area (Å²) in [6.45, 7) is -0.0370. The van der Waals surface area contributed by atoms with Gasteiger partial charge < -0.3 is 15.9 Å². The molecule has 1 aromatic rings. The molecule has 5 heteroatoms. The molecule has 0 aromatic heterocycles. The molecule has 0 aliphatic heterocycles. The van der Waals surface area contributed by atoms with Gasteiger partial charge in [0.2, 0.25) is 0 Å². The summed E-state index contributed by atoms with van der Waals surface area (Å²) < 4.78 is 0. The van der Waals surface area contributed by atoms with Gasteiger partial charge in [-0.25, -0.2) is 4.79 Å². The van der Waals surface area contributed by atoms with Gasteiger partial charge >= 0.3 is 5.97 Å². The van der Waals surface area contributed by atoms with E-state index in [1.54, 1.807) is 6.07 Å². The van der Waals surface area contributed by atoms with Gasteiger partial charge in [0.15, 0.2) is 0 Å². The molecule has 0 unspecified atom stereocenters. The van der Waals surface area contributed by atoms with Crippen LogP contribution in [0.15, 0.2) is 12.1 Å². The van der Waals surface area contributed by atoms with Crippen LogP contribution in [0.4, 0.5) is 0 Å². The van der Waals surface area contributed by atoms with E-state index in [1.165, 1.54) is 6.07 Å². The van der Waals surface area contributed by atoms with E-state index in [9.17, 15) is 9.90 Å². The average Bonchev–Trinajstić information content (AvgIpc) is 2.15. The summed E-state index contributed by atoms with van der Waals surface area (Å²) in [7, 11) is 0. The summed E-state index contributed by atoms with van der Waals surface area (Å²) in [4.78, 5) is 10.7. The van der Waals surface area contributed by atoms with Crippen molar-refractivity contribution >= 4 is 5.97 Å². The molecule has 0 heterocycles. The van der Waals surface area contributed by atoms with Gasteiger partial charge in [0.25, 0.3) is 0 Å². The SMILES string of the molecule is N#Cc1cc(O)c(C(=O)O)c(CN)c1. The molecule has 0 spiro atoms. The van der Waals surface area contributed by atoms with Crippen molar-refractivity contribution in [3.63, 3.8) is 0 Å². The zero-order valence-corrected chi connectivity index (χ0v) is 7.19. The summed E-state index contributed by atoms with van der Waals surface area (Å²) in [6, 6.07) is 4.25. The molecule has 0 atom stereocenters. The monoisotopic (exact) mass is 192 g/mol. The Hall–Kier alpha value is -2.06. The number of aromatic hydroxyl groups is 1. The van der Waals surface area contributed by atoms with Crippen molar-refractivity contribution in [2.75, 3.05) is 0 Å². The maximum Gasteiger partial charge on any atom is 0.339 e. The van der Waals surface area contributed by atoms with Crippen LogP contribution in [0.2, 0.25) is 0 Å². The van der Waals surface area contributed by atoms with Crippen LogP contribution in [0.3, 0.4) is 0 Å². The number of hydrogen-bond donors (Lipinski definition) is 3. The number of nitriles is 1. The second kappa shape index (κ2) is 3.77. The lowest BCUT2D eigenvalue weighted by Crippen LogP contribution is -2.07. The molecule has 0 saturated heterocycles. The van der Waals surface area contributed by atoms with Crippen molar-refractivity contribution in [3.05, 3.63) is 28.8 Å². The van der Waals surface area contributed by atoms with E-state index < -0.39 is 11.7 Å². The topological polar surface area (TPSA) is 107 Å². The van der Waals surface area contributed by atoms with E-state index in [0.29, 0.717) is 0 Å². The minimum absolute atomic E-state index is 0.0370. The third-order valence-electron chi connectivity index (χ3n) is 1.76. The third-order valence-corrected chi connectivity index (χ3v) is 1.76. The Bertz CT molecular complexity index is 421. The molecule has 5 nitrogen and oxygen atoms in total. The van der Waals surface area contributed by atoms with Crippen LogP contribution in [0.1, 0.15) is 21.5 Å². The van der Waals surface area contributed by atoms with Crippen molar-refractivity contribution in [1.82, 2.24) is 0 Å². The fourth-order valence-electron chi connectivity index (χ4n) is 1.16. The molecule has 0 amide bonds. The maximum atomic E-state index is 10.7. The Morgan fingerprint density at radius 2 is 2.21 bits per heavy atom. The minimum atomic E-state index is -1.26. The molecule has 0 fully saturated rings. The van der Waals surface area contributed by atoms with Crippen molar-refractivity contribution in [2.24, 2.45) is 5.73 Å². The Morgan fingerprint density at radius 3 is 2.64 bits per heavy atom. The lowest BCUT2D eigenvalue weighted by Gasteiger charge is -2.05. The van der Waals surface area contributed by atoms with Gasteiger partial charge in [0, 0.05) is 6.54 Å². The molecule has 4 N–H and O–H groups in total. The molecule has 0 aliphatic carbocycles. The summed E-state index contributed by atoms with van der Waals surface area (Å²) in [5.74, 6) is -1.69. The maximum absolute atomic E-state index is 10.7. The van der Waals surface area contributed by atoms with Gasteiger partial charge in [-0.1, -0.05) is 0 Å². The second-order valence-electron chi connectivity index (χ2n) is 2.65. The number of nitrogens with two attached hydrogens (primary N) is 1.